The molecule has 0 radical (unpaired) electrons. The summed E-state index contributed by atoms with van der Waals surface area (Å²) in [5.74, 6) is -0.210. The lowest BCUT2D eigenvalue weighted by Crippen LogP contribution is -2.55. The lowest BCUT2D eigenvalue weighted by Gasteiger charge is -2.40. The molecule has 0 saturated carbocycles. The average Bonchev–Trinajstić information content (AvgIpc) is 2.33. The molecular formula is C15H22ClFN2. The highest BCUT2D eigenvalue weighted by Crippen LogP contribution is 2.25. The largest absolute Gasteiger partial charge is 0.311 e. The number of hydrogen-bond donors (Lipinski definition) is 1. The van der Waals surface area contributed by atoms with E-state index in [2.05, 4.69) is 31.0 Å². The highest BCUT2D eigenvalue weighted by atomic mass is 35.5. The van der Waals surface area contributed by atoms with Crippen molar-refractivity contribution >= 4 is 11.6 Å². The van der Waals surface area contributed by atoms with E-state index in [9.17, 15) is 4.39 Å². The predicted molar refractivity (Wildman–Crippen MR) is 77.9 cm³/mol. The van der Waals surface area contributed by atoms with Crippen LogP contribution in [0.1, 0.15) is 26.3 Å². The smallest absolute Gasteiger partial charge is 0.129 e. The summed E-state index contributed by atoms with van der Waals surface area (Å²) in [6.07, 6.45) is 0. The number of benzene rings is 1. The van der Waals surface area contributed by atoms with Crippen molar-refractivity contribution in [2.75, 3.05) is 19.6 Å². The molecule has 19 heavy (non-hydrogen) atoms. The van der Waals surface area contributed by atoms with Gasteiger partial charge in [-0.15, -0.1) is 0 Å². The Balaban J connectivity index is 2.07. The summed E-state index contributed by atoms with van der Waals surface area (Å²) in [4.78, 5) is 2.27. The summed E-state index contributed by atoms with van der Waals surface area (Å²) in [6, 6.07) is 5.30. The first kappa shape index (κ1) is 14.8. The predicted octanol–water partition coefficient (Wildman–Crippen LogP) is 3.30. The SMILES string of the molecule is CC(C)(C)C1CN(Cc2c(F)cccc2Cl)CCN1. The molecule has 0 aliphatic carbocycles. The second kappa shape index (κ2) is 5.78. The van der Waals surface area contributed by atoms with Crippen molar-refractivity contribution in [3.8, 4) is 0 Å². The van der Waals surface area contributed by atoms with Crippen LogP contribution in [0.2, 0.25) is 5.02 Å². The molecule has 1 aliphatic rings. The molecule has 0 bridgehead atoms. The first-order valence-corrected chi connectivity index (χ1v) is 7.14. The summed E-state index contributed by atoms with van der Waals surface area (Å²) in [5.41, 5.74) is 0.816. The Kier molecular flexibility index (Phi) is 4.49. The van der Waals surface area contributed by atoms with E-state index in [1.807, 2.05) is 0 Å². The number of nitrogens with zero attached hydrogens (tertiary/aromatic N) is 1. The quantitative estimate of drug-likeness (QED) is 0.896. The van der Waals surface area contributed by atoms with Crippen molar-refractivity contribution in [1.29, 1.82) is 0 Å². The number of halogens is 2. The third kappa shape index (κ3) is 3.68. The van der Waals surface area contributed by atoms with Crippen LogP contribution in [0.15, 0.2) is 18.2 Å². The highest BCUT2D eigenvalue weighted by Gasteiger charge is 2.29. The second-order valence-electron chi connectivity index (χ2n) is 6.31. The van der Waals surface area contributed by atoms with Crippen LogP contribution in [0, 0.1) is 11.2 Å². The van der Waals surface area contributed by atoms with Gasteiger partial charge in [-0.1, -0.05) is 38.4 Å². The summed E-state index contributed by atoms with van der Waals surface area (Å²) in [6.45, 7) is 10.1. The first-order valence-electron chi connectivity index (χ1n) is 6.76. The standard InChI is InChI=1S/C15H22ClFN2/c1-15(2,3)14-10-19(8-7-18-14)9-11-12(16)5-4-6-13(11)17/h4-6,14,18H,7-10H2,1-3H3. The lowest BCUT2D eigenvalue weighted by molar-refractivity contribution is 0.128. The zero-order valence-electron chi connectivity index (χ0n) is 11.8. The van der Waals surface area contributed by atoms with Gasteiger partial charge in [-0.3, -0.25) is 4.90 Å². The molecule has 1 aliphatic heterocycles. The van der Waals surface area contributed by atoms with Crippen LogP contribution in [0.5, 0.6) is 0 Å². The van der Waals surface area contributed by atoms with E-state index in [0.717, 1.165) is 19.6 Å². The van der Waals surface area contributed by atoms with Gasteiger partial charge in [0.2, 0.25) is 0 Å². The molecule has 1 unspecified atom stereocenters. The third-order valence-corrected chi connectivity index (χ3v) is 4.10. The molecule has 2 rings (SSSR count). The molecule has 1 aromatic carbocycles. The molecular weight excluding hydrogens is 263 g/mol. The Morgan fingerprint density at radius 2 is 2.16 bits per heavy atom. The molecule has 106 valence electrons. The van der Waals surface area contributed by atoms with Gasteiger partial charge >= 0.3 is 0 Å². The van der Waals surface area contributed by atoms with E-state index in [-0.39, 0.29) is 11.2 Å². The Morgan fingerprint density at radius 1 is 1.42 bits per heavy atom. The van der Waals surface area contributed by atoms with E-state index >= 15 is 0 Å². The Hall–Kier alpha value is -0.640. The molecule has 0 spiro atoms. The number of rotatable bonds is 2. The minimum atomic E-state index is -0.210. The second-order valence-corrected chi connectivity index (χ2v) is 6.72. The topological polar surface area (TPSA) is 15.3 Å². The van der Waals surface area contributed by atoms with Crippen molar-refractivity contribution in [2.45, 2.75) is 33.4 Å². The van der Waals surface area contributed by atoms with Crippen LogP contribution < -0.4 is 5.32 Å². The fourth-order valence-corrected chi connectivity index (χ4v) is 2.66. The fraction of sp³-hybridized carbons (Fsp3) is 0.600. The number of piperazine rings is 1. The van der Waals surface area contributed by atoms with Gasteiger partial charge < -0.3 is 5.32 Å². The zero-order valence-corrected chi connectivity index (χ0v) is 12.6. The maximum absolute atomic E-state index is 13.8. The third-order valence-electron chi connectivity index (χ3n) is 3.75. The molecule has 1 N–H and O–H groups in total. The van der Waals surface area contributed by atoms with Gasteiger partial charge in [0.15, 0.2) is 0 Å². The van der Waals surface area contributed by atoms with Crippen LogP contribution >= 0.6 is 11.6 Å². The van der Waals surface area contributed by atoms with Crippen molar-refractivity contribution in [1.82, 2.24) is 10.2 Å². The van der Waals surface area contributed by atoms with Gasteiger partial charge in [0, 0.05) is 42.8 Å². The Morgan fingerprint density at radius 3 is 2.79 bits per heavy atom. The Bertz CT molecular complexity index is 422. The summed E-state index contributed by atoms with van der Waals surface area (Å²) < 4.78 is 13.8. The van der Waals surface area contributed by atoms with E-state index in [0.29, 0.717) is 23.2 Å². The monoisotopic (exact) mass is 284 g/mol. The van der Waals surface area contributed by atoms with Gasteiger partial charge in [0.05, 0.1) is 0 Å². The van der Waals surface area contributed by atoms with Crippen molar-refractivity contribution < 1.29 is 4.39 Å². The average molecular weight is 285 g/mol. The first-order chi connectivity index (χ1) is 8.88. The molecule has 1 saturated heterocycles. The van der Waals surface area contributed by atoms with Crippen molar-refractivity contribution in [3.05, 3.63) is 34.6 Å². The van der Waals surface area contributed by atoms with E-state index < -0.39 is 0 Å². The molecule has 1 atom stereocenters. The normalized spacial score (nSPS) is 21.6. The molecule has 4 heteroatoms. The molecule has 1 fully saturated rings. The van der Waals surface area contributed by atoms with E-state index in [1.54, 1.807) is 12.1 Å². The molecule has 0 amide bonds. The number of hydrogen-bond acceptors (Lipinski definition) is 2. The van der Waals surface area contributed by atoms with Crippen LogP contribution in [-0.4, -0.2) is 30.6 Å². The van der Waals surface area contributed by atoms with Crippen LogP contribution in [0.4, 0.5) is 4.39 Å². The van der Waals surface area contributed by atoms with Crippen LogP contribution in [-0.2, 0) is 6.54 Å². The zero-order chi connectivity index (χ0) is 14.0. The lowest BCUT2D eigenvalue weighted by atomic mass is 9.85. The van der Waals surface area contributed by atoms with Crippen LogP contribution in [0.3, 0.4) is 0 Å². The Labute approximate surface area is 119 Å². The molecule has 1 heterocycles. The van der Waals surface area contributed by atoms with E-state index in [4.69, 9.17) is 11.6 Å². The minimum Gasteiger partial charge on any atom is -0.311 e. The van der Waals surface area contributed by atoms with E-state index in [1.165, 1.54) is 6.07 Å². The highest BCUT2D eigenvalue weighted by molar-refractivity contribution is 6.31. The molecule has 1 aromatic rings. The summed E-state index contributed by atoms with van der Waals surface area (Å²) in [5, 5.41) is 4.05. The molecule has 2 nitrogen and oxygen atoms in total. The van der Waals surface area contributed by atoms with Crippen molar-refractivity contribution in [2.24, 2.45) is 5.41 Å². The summed E-state index contributed by atoms with van der Waals surface area (Å²) >= 11 is 6.09. The van der Waals surface area contributed by atoms with Crippen LogP contribution in [0.25, 0.3) is 0 Å². The van der Waals surface area contributed by atoms with Gasteiger partial charge in [-0.05, 0) is 17.5 Å². The van der Waals surface area contributed by atoms with Gasteiger partial charge in [0.25, 0.3) is 0 Å². The maximum Gasteiger partial charge on any atom is 0.129 e. The van der Waals surface area contributed by atoms with Crippen molar-refractivity contribution in [3.63, 3.8) is 0 Å². The molecule has 0 aromatic heterocycles. The summed E-state index contributed by atoms with van der Waals surface area (Å²) in [7, 11) is 0. The van der Waals surface area contributed by atoms with Gasteiger partial charge in [-0.25, -0.2) is 4.39 Å². The number of nitrogens with one attached hydrogen (secondary N) is 1. The minimum absolute atomic E-state index is 0.206. The fourth-order valence-electron chi connectivity index (χ4n) is 2.44. The maximum atomic E-state index is 13.8. The van der Waals surface area contributed by atoms with Gasteiger partial charge in [0.1, 0.15) is 5.82 Å². The van der Waals surface area contributed by atoms with Gasteiger partial charge in [-0.2, -0.15) is 0 Å².